The van der Waals surface area contributed by atoms with Gasteiger partial charge in [-0.15, -0.1) is 10.2 Å². The Bertz CT molecular complexity index is 642. The molecule has 0 fully saturated rings. The third-order valence-corrected chi connectivity index (χ3v) is 2.60. The maximum atomic E-state index is 12.3. The molecule has 2 N–H and O–H groups in total. The van der Waals surface area contributed by atoms with E-state index in [9.17, 15) is 18.0 Å². The number of nitrogens with zero attached hydrogens (tertiary/aromatic N) is 2. The first-order chi connectivity index (χ1) is 9.86. The van der Waals surface area contributed by atoms with E-state index in [1.165, 1.54) is 12.1 Å². The quantitative estimate of drug-likeness (QED) is 0.907. The molecule has 1 heterocycles. The molecular weight excluding hydrogens is 287 g/mol. The second kappa shape index (κ2) is 5.78. The molecule has 0 spiro atoms. The molecule has 1 aromatic heterocycles. The molecule has 0 unspecified atom stereocenters. The molecule has 110 valence electrons. The molecule has 0 saturated heterocycles. The molecule has 21 heavy (non-hydrogen) atoms. The first kappa shape index (κ1) is 14.8. The van der Waals surface area contributed by atoms with Crippen LogP contribution in [0, 0.1) is 0 Å². The van der Waals surface area contributed by atoms with E-state index < -0.39 is 17.8 Å². The highest BCUT2D eigenvalue weighted by Gasteiger charge is 2.32. The Morgan fingerprint density at radius 2 is 1.95 bits per heavy atom. The molecule has 0 atom stereocenters. The van der Waals surface area contributed by atoms with Crippen LogP contribution in [0.3, 0.4) is 0 Å². The van der Waals surface area contributed by atoms with Crippen molar-refractivity contribution in [2.75, 3.05) is 5.32 Å². The van der Waals surface area contributed by atoms with Crippen molar-refractivity contribution < 1.29 is 23.1 Å². The predicted octanol–water partition coefficient (Wildman–Crippen LogP) is 2.81. The summed E-state index contributed by atoms with van der Waals surface area (Å²) in [4.78, 5) is 10.8. The van der Waals surface area contributed by atoms with Gasteiger partial charge in [-0.1, -0.05) is 12.1 Å². The SMILES string of the molecule is O=C(O)c1cccc(CNc2ccc(C(F)(F)F)nn2)c1. The molecule has 0 aliphatic carbocycles. The second-order valence-corrected chi connectivity index (χ2v) is 4.16. The Hall–Kier alpha value is -2.64. The largest absolute Gasteiger partial charge is 0.478 e. The number of hydrogen-bond acceptors (Lipinski definition) is 4. The Kier molecular flexibility index (Phi) is 4.06. The van der Waals surface area contributed by atoms with Gasteiger partial charge in [-0.05, 0) is 29.8 Å². The third-order valence-electron chi connectivity index (χ3n) is 2.60. The van der Waals surface area contributed by atoms with Gasteiger partial charge in [-0.3, -0.25) is 0 Å². The minimum absolute atomic E-state index is 0.132. The van der Waals surface area contributed by atoms with Crippen LogP contribution >= 0.6 is 0 Å². The number of benzene rings is 1. The highest BCUT2D eigenvalue weighted by atomic mass is 19.4. The second-order valence-electron chi connectivity index (χ2n) is 4.16. The van der Waals surface area contributed by atoms with Gasteiger partial charge in [-0.25, -0.2) is 4.79 Å². The van der Waals surface area contributed by atoms with E-state index in [1.54, 1.807) is 12.1 Å². The molecule has 0 radical (unpaired) electrons. The van der Waals surface area contributed by atoms with Gasteiger partial charge >= 0.3 is 12.1 Å². The van der Waals surface area contributed by atoms with Crippen LogP contribution in [0.1, 0.15) is 21.6 Å². The Morgan fingerprint density at radius 1 is 1.19 bits per heavy atom. The number of halogens is 3. The van der Waals surface area contributed by atoms with Gasteiger partial charge in [-0.2, -0.15) is 13.2 Å². The minimum atomic E-state index is -4.53. The molecule has 1 aromatic carbocycles. The topological polar surface area (TPSA) is 75.1 Å². The lowest BCUT2D eigenvalue weighted by Gasteiger charge is -2.08. The summed E-state index contributed by atoms with van der Waals surface area (Å²) in [5.41, 5.74) is -0.273. The minimum Gasteiger partial charge on any atom is -0.478 e. The van der Waals surface area contributed by atoms with E-state index >= 15 is 0 Å². The van der Waals surface area contributed by atoms with Crippen LogP contribution in [0.25, 0.3) is 0 Å². The van der Waals surface area contributed by atoms with Crippen LogP contribution < -0.4 is 5.32 Å². The van der Waals surface area contributed by atoms with Gasteiger partial charge in [0.2, 0.25) is 0 Å². The first-order valence-corrected chi connectivity index (χ1v) is 5.83. The lowest BCUT2D eigenvalue weighted by molar-refractivity contribution is -0.141. The van der Waals surface area contributed by atoms with E-state index in [2.05, 4.69) is 15.5 Å². The third kappa shape index (κ3) is 3.91. The van der Waals surface area contributed by atoms with Crippen LogP contribution in [-0.4, -0.2) is 21.3 Å². The number of aromatic nitrogens is 2. The molecule has 0 aliphatic rings. The zero-order valence-corrected chi connectivity index (χ0v) is 10.6. The highest BCUT2D eigenvalue weighted by Crippen LogP contribution is 2.27. The molecule has 0 saturated carbocycles. The molecule has 2 aromatic rings. The van der Waals surface area contributed by atoms with Crippen LogP contribution in [0.4, 0.5) is 19.0 Å². The summed E-state index contributed by atoms with van der Waals surface area (Å²) >= 11 is 0. The molecule has 0 amide bonds. The molecule has 5 nitrogen and oxygen atoms in total. The normalized spacial score (nSPS) is 11.2. The first-order valence-electron chi connectivity index (χ1n) is 5.83. The molecule has 8 heteroatoms. The Morgan fingerprint density at radius 3 is 2.52 bits per heavy atom. The highest BCUT2D eigenvalue weighted by molar-refractivity contribution is 5.87. The summed E-state index contributed by atoms with van der Waals surface area (Å²) in [6.07, 6.45) is -4.53. The standard InChI is InChI=1S/C13H10F3N3O2/c14-13(15,16)10-4-5-11(19-18-10)17-7-8-2-1-3-9(6-8)12(20)21/h1-6H,7H2,(H,17,19)(H,20,21). The maximum Gasteiger partial charge on any atom is 0.435 e. The lowest BCUT2D eigenvalue weighted by Crippen LogP contribution is -2.10. The average Bonchev–Trinajstić information content (AvgIpc) is 2.45. The fraction of sp³-hybridized carbons (Fsp3) is 0.154. The van der Waals surface area contributed by atoms with Crippen molar-refractivity contribution in [1.82, 2.24) is 10.2 Å². The van der Waals surface area contributed by atoms with Crippen molar-refractivity contribution in [1.29, 1.82) is 0 Å². The van der Waals surface area contributed by atoms with Crippen LogP contribution in [0.2, 0.25) is 0 Å². The zero-order chi connectivity index (χ0) is 15.5. The van der Waals surface area contributed by atoms with Crippen LogP contribution in [-0.2, 0) is 12.7 Å². The van der Waals surface area contributed by atoms with E-state index in [4.69, 9.17) is 5.11 Å². The zero-order valence-electron chi connectivity index (χ0n) is 10.6. The summed E-state index contributed by atoms with van der Waals surface area (Å²) in [6.45, 7) is 0.223. The Balaban J connectivity index is 2.03. The summed E-state index contributed by atoms with van der Waals surface area (Å²) in [6, 6.07) is 8.17. The van der Waals surface area contributed by atoms with E-state index in [0.717, 1.165) is 12.1 Å². The number of carboxylic acids is 1. The van der Waals surface area contributed by atoms with Gasteiger partial charge in [0.25, 0.3) is 0 Å². The number of carbonyl (C=O) groups is 1. The van der Waals surface area contributed by atoms with Crippen molar-refractivity contribution in [2.24, 2.45) is 0 Å². The summed E-state index contributed by atoms with van der Waals surface area (Å²) in [5.74, 6) is -0.880. The van der Waals surface area contributed by atoms with Gasteiger partial charge in [0.15, 0.2) is 5.69 Å². The number of nitrogens with one attached hydrogen (secondary N) is 1. The van der Waals surface area contributed by atoms with Crippen molar-refractivity contribution in [3.63, 3.8) is 0 Å². The van der Waals surface area contributed by atoms with Gasteiger partial charge in [0, 0.05) is 6.54 Å². The molecule has 0 aliphatic heterocycles. The van der Waals surface area contributed by atoms with Crippen molar-refractivity contribution >= 4 is 11.8 Å². The van der Waals surface area contributed by atoms with Gasteiger partial charge in [0.1, 0.15) is 5.82 Å². The van der Waals surface area contributed by atoms with E-state index in [1.807, 2.05) is 0 Å². The average molecular weight is 297 g/mol. The van der Waals surface area contributed by atoms with Crippen LogP contribution in [0.5, 0.6) is 0 Å². The summed E-state index contributed by atoms with van der Waals surface area (Å²) < 4.78 is 36.9. The van der Waals surface area contributed by atoms with Crippen molar-refractivity contribution in [3.05, 3.63) is 53.2 Å². The predicted molar refractivity (Wildman–Crippen MR) is 67.8 cm³/mol. The van der Waals surface area contributed by atoms with Gasteiger partial charge < -0.3 is 10.4 Å². The maximum absolute atomic E-state index is 12.3. The summed E-state index contributed by atoms with van der Waals surface area (Å²) in [7, 11) is 0. The molecular formula is C13H10F3N3O2. The summed E-state index contributed by atoms with van der Waals surface area (Å²) in [5, 5.41) is 18.1. The molecule has 2 rings (SSSR count). The number of carboxylic acid groups (broad SMARTS) is 1. The van der Waals surface area contributed by atoms with Crippen molar-refractivity contribution in [2.45, 2.75) is 12.7 Å². The van der Waals surface area contributed by atoms with Crippen LogP contribution in [0.15, 0.2) is 36.4 Å². The number of alkyl halides is 3. The number of rotatable bonds is 4. The van der Waals surface area contributed by atoms with E-state index in [-0.39, 0.29) is 17.9 Å². The number of hydrogen-bond donors (Lipinski definition) is 2. The number of anilines is 1. The number of aromatic carboxylic acids is 1. The monoisotopic (exact) mass is 297 g/mol. The smallest absolute Gasteiger partial charge is 0.435 e. The fourth-order valence-electron chi connectivity index (χ4n) is 1.58. The van der Waals surface area contributed by atoms with E-state index in [0.29, 0.717) is 5.56 Å². The lowest BCUT2D eigenvalue weighted by atomic mass is 10.1. The molecule has 0 bridgehead atoms. The van der Waals surface area contributed by atoms with Crippen molar-refractivity contribution in [3.8, 4) is 0 Å². The fourth-order valence-corrected chi connectivity index (χ4v) is 1.58. The van der Waals surface area contributed by atoms with Gasteiger partial charge in [0.05, 0.1) is 5.56 Å². The Labute approximate surface area is 117 Å².